The Kier molecular flexibility index (Phi) is 3.50. The van der Waals surface area contributed by atoms with E-state index in [0.29, 0.717) is 0 Å². The van der Waals surface area contributed by atoms with E-state index in [1.807, 2.05) is 0 Å². The van der Waals surface area contributed by atoms with Crippen LogP contribution in [0.4, 0.5) is 19.0 Å². The molecular weight excluding hydrogens is 307 g/mol. The average molecular weight is 312 g/mol. The van der Waals surface area contributed by atoms with E-state index in [1.54, 1.807) is 12.1 Å². The first-order chi connectivity index (χ1) is 9.79. The molecule has 5 nitrogen and oxygen atoms in total. The molecule has 0 unspecified atom stereocenters. The van der Waals surface area contributed by atoms with Gasteiger partial charge in [-0.3, -0.25) is 0 Å². The molecule has 9 heteroatoms. The maximum Gasteiger partial charge on any atom is 0.416 e. The monoisotopic (exact) mass is 311 g/mol. The Hall–Kier alpha value is -2.71. The Labute approximate surface area is 121 Å². The molecule has 2 aromatic rings. The zero-order valence-corrected chi connectivity index (χ0v) is 10.9. The minimum absolute atomic E-state index is 0.0418. The van der Waals surface area contributed by atoms with Gasteiger partial charge in [-0.25, -0.2) is 4.68 Å². The van der Waals surface area contributed by atoms with E-state index in [9.17, 15) is 13.2 Å². The molecule has 1 aromatic carbocycles. The molecule has 0 spiro atoms. The number of alkyl halides is 3. The molecule has 0 saturated carbocycles. The summed E-state index contributed by atoms with van der Waals surface area (Å²) in [7, 11) is 0. The lowest BCUT2D eigenvalue weighted by Gasteiger charge is -2.10. The van der Waals surface area contributed by atoms with Crippen molar-refractivity contribution < 1.29 is 13.2 Å². The van der Waals surface area contributed by atoms with Crippen LogP contribution < -0.4 is 5.73 Å². The number of nitriles is 2. The summed E-state index contributed by atoms with van der Waals surface area (Å²) in [5, 5.41) is 21.2. The minimum atomic E-state index is -4.53. The molecule has 2 N–H and O–H groups in total. The lowest BCUT2D eigenvalue weighted by atomic mass is 10.2. The number of hydrogen-bond acceptors (Lipinski definition) is 4. The third-order valence-electron chi connectivity index (χ3n) is 2.64. The summed E-state index contributed by atoms with van der Waals surface area (Å²) in [6.45, 7) is 0. The van der Waals surface area contributed by atoms with Crippen LogP contribution in [0.2, 0.25) is 5.02 Å². The Morgan fingerprint density at radius 2 is 1.90 bits per heavy atom. The second-order valence-electron chi connectivity index (χ2n) is 3.91. The summed E-state index contributed by atoms with van der Waals surface area (Å²) in [5.41, 5.74) is 4.39. The van der Waals surface area contributed by atoms with Crippen molar-refractivity contribution in [2.75, 3.05) is 5.73 Å². The van der Waals surface area contributed by atoms with Crippen molar-refractivity contribution in [3.63, 3.8) is 0 Å². The molecule has 0 saturated heterocycles. The fourth-order valence-corrected chi connectivity index (χ4v) is 1.92. The normalized spacial score (nSPS) is 11.0. The van der Waals surface area contributed by atoms with Crippen molar-refractivity contribution in [1.29, 1.82) is 10.5 Å². The fraction of sp³-hybridized carbons (Fsp3) is 0.0833. The van der Waals surface area contributed by atoms with Gasteiger partial charge < -0.3 is 5.73 Å². The van der Waals surface area contributed by atoms with Crippen LogP contribution in [0.5, 0.6) is 0 Å². The van der Waals surface area contributed by atoms with Gasteiger partial charge in [0, 0.05) is 0 Å². The van der Waals surface area contributed by atoms with Crippen molar-refractivity contribution >= 4 is 17.4 Å². The smallest absolute Gasteiger partial charge is 0.382 e. The average Bonchev–Trinajstić information content (AvgIpc) is 2.73. The highest BCUT2D eigenvalue weighted by Gasteiger charge is 2.31. The predicted molar refractivity (Wildman–Crippen MR) is 67.4 cm³/mol. The first-order valence-electron chi connectivity index (χ1n) is 5.35. The molecule has 0 aliphatic carbocycles. The number of hydrogen-bond donors (Lipinski definition) is 1. The molecule has 106 valence electrons. The van der Waals surface area contributed by atoms with Gasteiger partial charge in [0.05, 0.1) is 16.3 Å². The van der Waals surface area contributed by atoms with Crippen LogP contribution in [0, 0.1) is 22.7 Å². The number of rotatable bonds is 1. The molecule has 0 bridgehead atoms. The number of nitrogens with two attached hydrogens (primary N) is 1. The zero-order chi connectivity index (χ0) is 15.8. The van der Waals surface area contributed by atoms with Crippen molar-refractivity contribution in [3.8, 4) is 17.8 Å². The second-order valence-corrected chi connectivity index (χ2v) is 4.32. The third kappa shape index (κ3) is 2.49. The summed E-state index contributed by atoms with van der Waals surface area (Å²) in [5.74, 6) is -0.171. The predicted octanol–water partition coefficient (Wildman–Crippen LogP) is 2.87. The van der Waals surface area contributed by atoms with Gasteiger partial charge in [0.25, 0.3) is 0 Å². The van der Waals surface area contributed by atoms with Crippen molar-refractivity contribution in [1.82, 2.24) is 9.78 Å². The molecule has 0 fully saturated rings. The van der Waals surface area contributed by atoms with E-state index < -0.39 is 11.7 Å². The summed E-state index contributed by atoms with van der Waals surface area (Å²) in [4.78, 5) is 0. The molecular formula is C12H5ClF3N5. The lowest BCUT2D eigenvalue weighted by Crippen LogP contribution is -2.07. The minimum Gasteiger partial charge on any atom is -0.382 e. The summed E-state index contributed by atoms with van der Waals surface area (Å²) >= 11 is 5.81. The highest BCUT2D eigenvalue weighted by atomic mass is 35.5. The molecule has 0 atom stereocenters. The Bertz CT molecular complexity index is 795. The molecule has 0 amide bonds. The summed E-state index contributed by atoms with van der Waals surface area (Å²) in [6.07, 6.45) is -4.53. The van der Waals surface area contributed by atoms with Crippen LogP contribution in [-0.4, -0.2) is 9.78 Å². The fourth-order valence-electron chi connectivity index (χ4n) is 1.66. The van der Waals surface area contributed by atoms with Crippen LogP contribution in [0.1, 0.15) is 16.8 Å². The Morgan fingerprint density at radius 1 is 1.24 bits per heavy atom. The standard InChI is InChI=1S/C12H5ClF3N5/c13-8-3-6(12(14,15)16)1-2-10(8)21-11(19)7(4-17)9(5-18)20-21/h1-3H,19H2. The SMILES string of the molecule is N#Cc1nn(-c2ccc(C(F)(F)F)cc2Cl)c(N)c1C#N. The number of benzene rings is 1. The van der Waals surface area contributed by atoms with E-state index in [4.69, 9.17) is 27.9 Å². The van der Waals surface area contributed by atoms with Gasteiger partial charge in [0.1, 0.15) is 23.5 Å². The molecule has 1 aromatic heterocycles. The van der Waals surface area contributed by atoms with Crippen LogP contribution in [0.15, 0.2) is 18.2 Å². The maximum absolute atomic E-state index is 12.6. The zero-order valence-electron chi connectivity index (χ0n) is 10.1. The summed E-state index contributed by atoms with van der Waals surface area (Å²) in [6, 6.07) is 5.97. The molecule has 0 aliphatic heterocycles. The number of aromatic nitrogens is 2. The van der Waals surface area contributed by atoms with Gasteiger partial charge >= 0.3 is 6.18 Å². The van der Waals surface area contributed by atoms with E-state index in [2.05, 4.69) is 5.10 Å². The number of halogens is 4. The van der Waals surface area contributed by atoms with Gasteiger partial charge in [-0.2, -0.15) is 28.8 Å². The number of anilines is 1. The van der Waals surface area contributed by atoms with Crippen LogP contribution in [0.3, 0.4) is 0 Å². The topological polar surface area (TPSA) is 91.4 Å². The number of nitrogen functional groups attached to an aromatic ring is 1. The quantitative estimate of drug-likeness (QED) is 0.876. The maximum atomic E-state index is 12.6. The Morgan fingerprint density at radius 3 is 2.33 bits per heavy atom. The van der Waals surface area contributed by atoms with E-state index in [1.165, 1.54) is 0 Å². The molecule has 1 heterocycles. The van der Waals surface area contributed by atoms with Crippen LogP contribution in [0.25, 0.3) is 5.69 Å². The first kappa shape index (κ1) is 14.7. The van der Waals surface area contributed by atoms with Crippen LogP contribution in [-0.2, 0) is 6.18 Å². The molecule has 0 radical (unpaired) electrons. The first-order valence-corrected chi connectivity index (χ1v) is 5.73. The molecule has 0 aliphatic rings. The van der Waals surface area contributed by atoms with E-state index in [-0.39, 0.29) is 27.8 Å². The number of nitrogens with zero attached hydrogens (tertiary/aromatic N) is 4. The summed E-state index contributed by atoms with van der Waals surface area (Å²) < 4.78 is 38.7. The van der Waals surface area contributed by atoms with Crippen LogP contribution >= 0.6 is 11.6 Å². The van der Waals surface area contributed by atoms with Crippen molar-refractivity contribution in [3.05, 3.63) is 40.0 Å². The van der Waals surface area contributed by atoms with Gasteiger partial charge in [-0.15, -0.1) is 0 Å². The second kappa shape index (κ2) is 5.00. The van der Waals surface area contributed by atoms with E-state index >= 15 is 0 Å². The van der Waals surface area contributed by atoms with Gasteiger partial charge in [0.2, 0.25) is 0 Å². The lowest BCUT2D eigenvalue weighted by molar-refractivity contribution is -0.137. The highest BCUT2D eigenvalue weighted by Crippen LogP contribution is 2.34. The van der Waals surface area contributed by atoms with Gasteiger partial charge in [-0.05, 0) is 18.2 Å². The highest BCUT2D eigenvalue weighted by molar-refractivity contribution is 6.32. The van der Waals surface area contributed by atoms with Gasteiger partial charge in [0.15, 0.2) is 5.69 Å². The molecule has 2 rings (SSSR count). The van der Waals surface area contributed by atoms with Gasteiger partial charge in [-0.1, -0.05) is 11.6 Å². The third-order valence-corrected chi connectivity index (χ3v) is 2.94. The van der Waals surface area contributed by atoms with Crippen molar-refractivity contribution in [2.45, 2.75) is 6.18 Å². The van der Waals surface area contributed by atoms with Crippen molar-refractivity contribution in [2.24, 2.45) is 0 Å². The Balaban J connectivity index is 2.62. The largest absolute Gasteiger partial charge is 0.416 e. The molecule has 21 heavy (non-hydrogen) atoms. The van der Waals surface area contributed by atoms with E-state index in [0.717, 1.165) is 22.9 Å².